The number of benzene rings is 2. The summed E-state index contributed by atoms with van der Waals surface area (Å²) in [4.78, 5) is 4.54. The average Bonchev–Trinajstić information content (AvgIpc) is 3.07. The molecule has 138 valence electrons. The van der Waals surface area contributed by atoms with Crippen molar-refractivity contribution in [1.82, 2.24) is 9.71 Å². The minimum absolute atomic E-state index is 0.112. The quantitative estimate of drug-likeness (QED) is 0.429. The Hall–Kier alpha value is -1.61. The van der Waals surface area contributed by atoms with E-state index < -0.39 is 10.0 Å². The molecule has 0 saturated heterocycles. The number of para-hydroxylation sites is 1. The zero-order valence-electron chi connectivity index (χ0n) is 14.3. The predicted octanol–water partition coefficient (Wildman–Crippen LogP) is 3.91. The molecule has 0 amide bonds. The molecule has 2 aromatic carbocycles. The number of hydrogen-bond donors (Lipinski definition) is 1. The number of methoxy groups -OCH3 is 1. The summed E-state index contributed by atoms with van der Waals surface area (Å²) >= 11 is 3.25. The number of aromatic nitrogens is 1. The maximum Gasteiger partial charge on any atom is 0.211 e. The molecule has 0 saturated carbocycles. The highest BCUT2D eigenvalue weighted by Gasteiger charge is 2.11. The molecule has 3 aromatic rings. The highest BCUT2D eigenvalue weighted by atomic mass is 32.2. The molecule has 3 rings (SSSR count). The number of ether oxygens (including phenoxy) is 1. The van der Waals surface area contributed by atoms with Gasteiger partial charge in [0.15, 0.2) is 4.34 Å². The van der Waals surface area contributed by atoms with Gasteiger partial charge in [-0.05, 0) is 36.2 Å². The van der Waals surface area contributed by atoms with E-state index in [9.17, 15) is 8.42 Å². The van der Waals surface area contributed by atoms with Crippen molar-refractivity contribution >= 4 is 43.3 Å². The van der Waals surface area contributed by atoms with Crippen LogP contribution in [0.2, 0.25) is 0 Å². The first-order valence-corrected chi connectivity index (χ1v) is 11.6. The first-order valence-electron chi connectivity index (χ1n) is 8.14. The number of fused-ring (bicyclic) bond motifs is 1. The summed E-state index contributed by atoms with van der Waals surface area (Å²) in [6.45, 7) is 0.289. The fraction of sp³-hybridized carbons (Fsp3) is 0.278. The monoisotopic (exact) mass is 408 g/mol. The second kappa shape index (κ2) is 8.85. The summed E-state index contributed by atoms with van der Waals surface area (Å²) in [7, 11) is -1.68. The normalized spacial score (nSPS) is 11.7. The molecule has 5 nitrogen and oxygen atoms in total. The number of sulfonamides is 1. The maximum atomic E-state index is 12.1. The molecule has 8 heteroatoms. The molecule has 0 aliphatic rings. The van der Waals surface area contributed by atoms with Gasteiger partial charge in [0.2, 0.25) is 10.0 Å². The van der Waals surface area contributed by atoms with E-state index in [-0.39, 0.29) is 12.3 Å². The lowest BCUT2D eigenvalue weighted by molar-refractivity contribution is 0.414. The van der Waals surface area contributed by atoms with Gasteiger partial charge in [-0.2, -0.15) is 0 Å². The first kappa shape index (κ1) is 19.2. The molecule has 0 aliphatic heterocycles. The molecule has 0 radical (unpaired) electrons. The summed E-state index contributed by atoms with van der Waals surface area (Å²) in [6.07, 6.45) is 0.582. The van der Waals surface area contributed by atoms with Crippen molar-refractivity contribution < 1.29 is 13.2 Å². The Kier molecular flexibility index (Phi) is 6.53. The molecular weight excluding hydrogens is 388 g/mol. The van der Waals surface area contributed by atoms with Crippen LogP contribution in [0, 0.1) is 0 Å². The summed E-state index contributed by atoms with van der Waals surface area (Å²) in [6, 6.07) is 15.3. The first-order chi connectivity index (χ1) is 12.6. The maximum absolute atomic E-state index is 12.1. The van der Waals surface area contributed by atoms with Gasteiger partial charge >= 0.3 is 0 Å². The van der Waals surface area contributed by atoms with Crippen molar-refractivity contribution in [1.29, 1.82) is 0 Å². The van der Waals surface area contributed by atoms with Crippen molar-refractivity contribution in [3.05, 3.63) is 54.1 Å². The van der Waals surface area contributed by atoms with Gasteiger partial charge in [-0.3, -0.25) is 0 Å². The number of nitrogens with zero attached hydrogens (tertiary/aromatic N) is 1. The Bertz CT molecular complexity index is 920. The van der Waals surface area contributed by atoms with E-state index in [1.807, 2.05) is 48.5 Å². The van der Waals surface area contributed by atoms with E-state index in [1.165, 1.54) is 0 Å². The third-order valence-electron chi connectivity index (χ3n) is 3.71. The van der Waals surface area contributed by atoms with Crippen LogP contribution in [-0.2, 0) is 16.6 Å². The van der Waals surface area contributed by atoms with E-state index in [2.05, 4.69) is 9.71 Å². The van der Waals surface area contributed by atoms with Gasteiger partial charge < -0.3 is 4.74 Å². The largest absolute Gasteiger partial charge is 0.497 e. The van der Waals surface area contributed by atoms with Crippen LogP contribution in [0.5, 0.6) is 5.75 Å². The Morgan fingerprint density at radius 3 is 2.65 bits per heavy atom. The zero-order chi connectivity index (χ0) is 18.4. The number of rotatable bonds is 9. The van der Waals surface area contributed by atoms with Crippen molar-refractivity contribution in [2.24, 2.45) is 0 Å². The molecule has 0 atom stereocenters. The molecule has 0 aliphatic carbocycles. The Balaban J connectivity index is 1.42. The van der Waals surface area contributed by atoms with Gasteiger partial charge in [-0.25, -0.2) is 18.1 Å². The second-order valence-electron chi connectivity index (χ2n) is 5.64. The van der Waals surface area contributed by atoms with Gasteiger partial charge in [0.05, 0.1) is 23.1 Å². The average molecular weight is 409 g/mol. The van der Waals surface area contributed by atoms with Crippen LogP contribution in [-0.4, -0.2) is 32.0 Å². The van der Waals surface area contributed by atoms with Crippen LogP contribution in [0.25, 0.3) is 10.2 Å². The number of nitrogens with one attached hydrogen (secondary N) is 1. The fourth-order valence-electron chi connectivity index (χ4n) is 2.33. The van der Waals surface area contributed by atoms with E-state index in [0.29, 0.717) is 6.42 Å². The molecular formula is C18H20N2O3S3. The van der Waals surface area contributed by atoms with Crippen LogP contribution in [0.4, 0.5) is 0 Å². The zero-order valence-corrected chi connectivity index (χ0v) is 16.8. The molecule has 26 heavy (non-hydrogen) atoms. The Labute approximate surface area is 161 Å². The van der Waals surface area contributed by atoms with E-state index in [4.69, 9.17) is 4.74 Å². The number of thioether (sulfide) groups is 1. The van der Waals surface area contributed by atoms with Crippen molar-refractivity contribution in [2.45, 2.75) is 17.3 Å². The van der Waals surface area contributed by atoms with Crippen molar-refractivity contribution in [2.75, 3.05) is 18.6 Å². The molecule has 1 aromatic heterocycles. The van der Waals surface area contributed by atoms with Gasteiger partial charge in [0, 0.05) is 12.3 Å². The van der Waals surface area contributed by atoms with Crippen LogP contribution < -0.4 is 9.46 Å². The summed E-state index contributed by atoms with van der Waals surface area (Å²) in [5.41, 5.74) is 1.90. The highest BCUT2D eigenvalue weighted by molar-refractivity contribution is 8.01. The topological polar surface area (TPSA) is 68.3 Å². The number of thiazole rings is 1. The van der Waals surface area contributed by atoms with Gasteiger partial charge in [0.1, 0.15) is 5.75 Å². The number of hydrogen-bond acceptors (Lipinski definition) is 6. The molecule has 0 spiro atoms. The third kappa shape index (κ3) is 5.44. The van der Waals surface area contributed by atoms with Gasteiger partial charge in [0.25, 0.3) is 0 Å². The standard InChI is InChI=1S/C18H20N2O3S3/c1-23-15-9-7-14(8-10-15)13-19-26(21,22)12-4-11-24-18-20-16-5-2-3-6-17(16)25-18/h2-3,5-10,19H,4,11-13H2,1H3. The summed E-state index contributed by atoms with van der Waals surface area (Å²) in [5, 5.41) is 0. The predicted molar refractivity (Wildman–Crippen MR) is 109 cm³/mol. The molecule has 1 heterocycles. The molecule has 0 bridgehead atoms. The lowest BCUT2D eigenvalue weighted by atomic mass is 10.2. The summed E-state index contributed by atoms with van der Waals surface area (Å²) < 4.78 is 34.1. The van der Waals surface area contributed by atoms with E-state index in [0.717, 1.165) is 31.6 Å². The molecule has 1 N–H and O–H groups in total. The molecule has 0 fully saturated rings. The van der Waals surface area contributed by atoms with Crippen LogP contribution in [0.15, 0.2) is 52.9 Å². The van der Waals surface area contributed by atoms with Crippen LogP contribution in [0.1, 0.15) is 12.0 Å². The Morgan fingerprint density at radius 2 is 1.92 bits per heavy atom. The Morgan fingerprint density at radius 1 is 1.15 bits per heavy atom. The van der Waals surface area contributed by atoms with E-state index in [1.54, 1.807) is 30.2 Å². The lowest BCUT2D eigenvalue weighted by Crippen LogP contribution is -2.26. The smallest absolute Gasteiger partial charge is 0.211 e. The van der Waals surface area contributed by atoms with Crippen LogP contribution >= 0.6 is 23.1 Å². The SMILES string of the molecule is COc1ccc(CNS(=O)(=O)CCCSc2nc3ccccc3s2)cc1. The van der Waals surface area contributed by atoms with E-state index >= 15 is 0 Å². The fourth-order valence-corrected chi connectivity index (χ4v) is 5.65. The van der Waals surface area contributed by atoms with Crippen LogP contribution in [0.3, 0.4) is 0 Å². The minimum Gasteiger partial charge on any atom is -0.497 e. The van der Waals surface area contributed by atoms with Crippen molar-refractivity contribution in [3.63, 3.8) is 0 Å². The summed E-state index contributed by atoms with van der Waals surface area (Å²) in [5.74, 6) is 1.59. The molecule has 0 unspecified atom stereocenters. The van der Waals surface area contributed by atoms with Gasteiger partial charge in [-0.1, -0.05) is 36.0 Å². The third-order valence-corrected chi connectivity index (χ3v) is 7.39. The lowest BCUT2D eigenvalue weighted by Gasteiger charge is -2.07. The highest BCUT2D eigenvalue weighted by Crippen LogP contribution is 2.29. The van der Waals surface area contributed by atoms with Gasteiger partial charge in [-0.15, -0.1) is 11.3 Å². The second-order valence-corrected chi connectivity index (χ2v) is 9.94. The van der Waals surface area contributed by atoms with Crippen molar-refractivity contribution in [3.8, 4) is 5.75 Å². The minimum atomic E-state index is -3.29.